The molecule has 3 aromatic rings. The SMILES string of the molecule is CSc1nc2nc(C)c(CCC(=O)NC[C@H](c3ccccc3Cl)N3CCCC3)c(C)n2n1. The minimum absolute atomic E-state index is 0.0311. The zero-order valence-electron chi connectivity index (χ0n) is 18.8. The van der Waals surface area contributed by atoms with Crippen molar-refractivity contribution in [2.24, 2.45) is 0 Å². The van der Waals surface area contributed by atoms with E-state index in [1.165, 1.54) is 24.6 Å². The summed E-state index contributed by atoms with van der Waals surface area (Å²) in [5.74, 6) is 0.634. The largest absolute Gasteiger partial charge is 0.354 e. The molecule has 1 amide bonds. The second kappa shape index (κ2) is 10.2. The predicted molar refractivity (Wildman–Crippen MR) is 128 cm³/mol. The first-order valence-corrected chi connectivity index (χ1v) is 12.6. The first-order chi connectivity index (χ1) is 15.5. The van der Waals surface area contributed by atoms with Gasteiger partial charge in [0.2, 0.25) is 11.1 Å². The second-order valence-electron chi connectivity index (χ2n) is 8.16. The third kappa shape index (κ3) is 4.92. The number of aromatic nitrogens is 4. The van der Waals surface area contributed by atoms with Gasteiger partial charge in [-0.2, -0.15) is 4.98 Å². The molecule has 9 heteroatoms. The Balaban J connectivity index is 1.42. The van der Waals surface area contributed by atoms with Crippen LogP contribution in [-0.4, -0.2) is 56.3 Å². The lowest BCUT2D eigenvalue weighted by atomic mass is 10.0. The summed E-state index contributed by atoms with van der Waals surface area (Å²) in [6.45, 7) is 6.60. The number of nitrogens with zero attached hydrogens (tertiary/aromatic N) is 5. The van der Waals surface area contributed by atoms with Crippen LogP contribution in [0.3, 0.4) is 0 Å². The Morgan fingerprint density at radius 1 is 1.22 bits per heavy atom. The summed E-state index contributed by atoms with van der Waals surface area (Å²) in [5.41, 5.74) is 4.01. The highest BCUT2D eigenvalue weighted by atomic mass is 35.5. The smallest absolute Gasteiger partial charge is 0.253 e. The summed E-state index contributed by atoms with van der Waals surface area (Å²) >= 11 is 7.98. The van der Waals surface area contributed by atoms with Gasteiger partial charge in [-0.15, -0.1) is 5.10 Å². The van der Waals surface area contributed by atoms with E-state index in [1.54, 1.807) is 4.52 Å². The normalized spacial score (nSPS) is 15.4. The van der Waals surface area contributed by atoms with Gasteiger partial charge in [-0.3, -0.25) is 9.69 Å². The van der Waals surface area contributed by atoms with Crippen LogP contribution in [0.25, 0.3) is 5.78 Å². The molecule has 1 saturated heterocycles. The van der Waals surface area contributed by atoms with Crippen molar-refractivity contribution in [2.45, 2.75) is 50.7 Å². The third-order valence-corrected chi connectivity index (χ3v) is 7.03. The van der Waals surface area contributed by atoms with Gasteiger partial charge >= 0.3 is 0 Å². The molecule has 4 rings (SSSR count). The Kier molecular flexibility index (Phi) is 7.33. The number of carbonyl (C=O) groups excluding carboxylic acids is 1. The molecular weight excluding hydrogens is 444 g/mol. The maximum atomic E-state index is 12.8. The molecule has 7 nitrogen and oxygen atoms in total. The molecule has 32 heavy (non-hydrogen) atoms. The van der Waals surface area contributed by atoms with Gasteiger partial charge in [-0.25, -0.2) is 9.50 Å². The number of rotatable bonds is 8. The van der Waals surface area contributed by atoms with Crippen LogP contribution in [0.5, 0.6) is 0 Å². The number of hydrogen-bond donors (Lipinski definition) is 1. The second-order valence-corrected chi connectivity index (χ2v) is 9.34. The molecule has 1 aromatic carbocycles. The molecule has 1 N–H and O–H groups in total. The van der Waals surface area contributed by atoms with Gasteiger partial charge in [0.05, 0.1) is 6.04 Å². The molecule has 1 aliphatic rings. The van der Waals surface area contributed by atoms with Crippen molar-refractivity contribution in [1.82, 2.24) is 29.8 Å². The highest BCUT2D eigenvalue weighted by Crippen LogP contribution is 2.29. The summed E-state index contributed by atoms with van der Waals surface area (Å²) in [7, 11) is 0. The number of halogens is 1. The summed E-state index contributed by atoms with van der Waals surface area (Å²) in [4.78, 5) is 24.2. The number of hydrogen-bond acceptors (Lipinski definition) is 6. The minimum atomic E-state index is 0.0311. The fourth-order valence-corrected chi connectivity index (χ4v) is 5.01. The number of aryl methyl sites for hydroxylation is 2. The first kappa shape index (κ1) is 23.0. The molecular formula is C23H29ClN6OS. The van der Waals surface area contributed by atoms with Crippen molar-refractivity contribution in [2.75, 3.05) is 25.9 Å². The zero-order valence-corrected chi connectivity index (χ0v) is 20.3. The standard InChI is InChI=1S/C23H29ClN6OS/c1-15-17(16(2)30-22(26-15)27-23(28-30)32-3)10-11-21(31)25-14-20(29-12-6-7-13-29)18-8-4-5-9-19(18)24/h4-5,8-9,20H,6-7,10-14H2,1-3H3,(H,25,31)/t20-/m1/s1. The van der Waals surface area contributed by atoms with Crippen molar-refractivity contribution >= 4 is 35.0 Å². The zero-order chi connectivity index (χ0) is 22.7. The lowest BCUT2D eigenvalue weighted by Crippen LogP contribution is -2.37. The summed E-state index contributed by atoms with van der Waals surface area (Å²) < 4.78 is 1.77. The molecule has 0 unspecified atom stereocenters. The quantitative estimate of drug-likeness (QED) is 0.499. The van der Waals surface area contributed by atoms with E-state index in [2.05, 4.69) is 31.3 Å². The molecule has 0 spiro atoms. The molecule has 3 heterocycles. The Bertz CT molecular complexity index is 1110. The van der Waals surface area contributed by atoms with E-state index in [1.807, 2.05) is 38.3 Å². The summed E-state index contributed by atoms with van der Waals surface area (Å²) in [5, 5.41) is 9.09. The van der Waals surface area contributed by atoms with E-state index in [4.69, 9.17) is 11.6 Å². The topological polar surface area (TPSA) is 75.4 Å². The van der Waals surface area contributed by atoms with Gasteiger partial charge in [-0.05, 0) is 69.6 Å². The average molecular weight is 473 g/mol. The number of amides is 1. The van der Waals surface area contributed by atoms with Crippen molar-refractivity contribution in [3.05, 3.63) is 51.8 Å². The summed E-state index contributed by atoms with van der Waals surface area (Å²) in [6.07, 6.45) is 5.32. The van der Waals surface area contributed by atoms with E-state index >= 15 is 0 Å². The van der Waals surface area contributed by atoms with Crippen LogP contribution in [0.15, 0.2) is 29.4 Å². The number of fused-ring (bicyclic) bond motifs is 1. The van der Waals surface area contributed by atoms with Crippen LogP contribution in [0.4, 0.5) is 0 Å². The predicted octanol–water partition coefficient (Wildman–Crippen LogP) is 4.00. The molecule has 0 aliphatic carbocycles. The lowest BCUT2D eigenvalue weighted by molar-refractivity contribution is -0.121. The molecule has 1 aliphatic heterocycles. The minimum Gasteiger partial charge on any atom is -0.354 e. The van der Waals surface area contributed by atoms with E-state index < -0.39 is 0 Å². The molecule has 0 bridgehead atoms. The summed E-state index contributed by atoms with van der Waals surface area (Å²) in [6, 6.07) is 8.03. The third-order valence-electron chi connectivity index (χ3n) is 6.15. The lowest BCUT2D eigenvalue weighted by Gasteiger charge is -2.29. The van der Waals surface area contributed by atoms with Crippen LogP contribution in [0.2, 0.25) is 5.02 Å². The van der Waals surface area contributed by atoms with E-state index in [0.717, 1.165) is 40.6 Å². The van der Waals surface area contributed by atoms with Crippen LogP contribution in [0, 0.1) is 13.8 Å². The monoisotopic (exact) mass is 472 g/mol. The van der Waals surface area contributed by atoms with Gasteiger partial charge in [0, 0.05) is 29.4 Å². The Hall–Kier alpha value is -2.16. The van der Waals surface area contributed by atoms with Gasteiger partial charge < -0.3 is 5.32 Å². The fraction of sp³-hybridized carbons (Fsp3) is 0.478. The van der Waals surface area contributed by atoms with E-state index in [-0.39, 0.29) is 11.9 Å². The number of nitrogens with one attached hydrogen (secondary N) is 1. The Morgan fingerprint density at radius 2 is 1.97 bits per heavy atom. The molecule has 2 aromatic heterocycles. The number of benzene rings is 1. The van der Waals surface area contributed by atoms with Gasteiger partial charge in [0.25, 0.3) is 5.78 Å². The molecule has 1 atom stereocenters. The van der Waals surface area contributed by atoms with E-state index in [0.29, 0.717) is 30.3 Å². The molecule has 170 valence electrons. The van der Waals surface area contributed by atoms with Gasteiger partial charge in [-0.1, -0.05) is 41.6 Å². The maximum Gasteiger partial charge on any atom is 0.253 e. The van der Waals surface area contributed by atoms with Crippen molar-refractivity contribution in [3.8, 4) is 0 Å². The van der Waals surface area contributed by atoms with E-state index in [9.17, 15) is 4.79 Å². The van der Waals surface area contributed by atoms with Gasteiger partial charge in [0.1, 0.15) is 0 Å². The Morgan fingerprint density at radius 3 is 2.69 bits per heavy atom. The average Bonchev–Trinajstić information content (AvgIpc) is 3.45. The molecule has 0 radical (unpaired) electrons. The Labute approximate surface area is 198 Å². The van der Waals surface area contributed by atoms with Crippen molar-refractivity contribution < 1.29 is 4.79 Å². The number of thioether (sulfide) groups is 1. The highest BCUT2D eigenvalue weighted by Gasteiger charge is 2.25. The van der Waals surface area contributed by atoms with Crippen LogP contribution in [-0.2, 0) is 11.2 Å². The van der Waals surface area contributed by atoms with Gasteiger partial charge in [0.15, 0.2) is 0 Å². The first-order valence-electron chi connectivity index (χ1n) is 11.0. The molecule has 0 saturated carbocycles. The van der Waals surface area contributed by atoms with Crippen LogP contribution in [0.1, 0.15) is 47.8 Å². The number of likely N-dealkylation sites (tertiary alicyclic amines) is 1. The van der Waals surface area contributed by atoms with Crippen LogP contribution < -0.4 is 5.32 Å². The van der Waals surface area contributed by atoms with Crippen molar-refractivity contribution in [3.63, 3.8) is 0 Å². The highest BCUT2D eigenvalue weighted by molar-refractivity contribution is 7.98. The maximum absolute atomic E-state index is 12.8. The van der Waals surface area contributed by atoms with Crippen molar-refractivity contribution in [1.29, 1.82) is 0 Å². The fourth-order valence-electron chi connectivity index (χ4n) is 4.41. The number of carbonyl (C=O) groups is 1. The van der Waals surface area contributed by atoms with Crippen LogP contribution >= 0.6 is 23.4 Å². The molecule has 1 fully saturated rings.